The average Bonchev–Trinajstić information content (AvgIpc) is 2.82. The summed E-state index contributed by atoms with van der Waals surface area (Å²) in [7, 11) is 0. The fraction of sp³-hybridized carbons (Fsp3) is 0.769. The minimum atomic E-state index is 0.430. The van der Waals surface area contributed by atoms with E-state index < -0.39 is 0 Å². The molecule has 2 rings (SSSR count). The number of thiazole rings is 1. The topological polar surface area (TPSA) is 42.2 Å². The number of rotatable bonds is 4. The van der Waals surface area contributed by atoms with E-state index >= 15 is 0 Å². The molecule has 1 fully saturated rings. The van der Waals surface area contributed by atoms with Crippen LogP contribution in [0.25, 0.3) is 0 Å². The first-order valence-corrected chi connectivity index (χ1v) is 7.31. The maximum absolute atomic E-state index is 5.80. The van der Waals surface area contributed by atoms with Gasteiger partial charge in [0, 0.05) is 24.5 Å². The maximum Gasteiger partial charge on any atom is 0.185 e. The zero-order valence-corrected chi connectivity index (χ0v) is 11.9. The first-order valence-electron chi connectivity index (χ1n) is 6.49. The van der Waals surface area contributed by atoms with Gasteiger partial charge >= 0.3 is 0 Å². The Labute approximate surface area is 108 Å². The molecule has 0 unspecified atom stereocenters. The summed E-state index contributed by atoms with van der Waals surface area (Å²) in [4.78, 5) is 8.47. The number of hydrogen-bond donors (Lipinski definition) is 1. The van der Waals surface area contributed by atoms with Crippen LogP contribution in [0.15, 0.2) is 0 Å². The highest BCUT2D eigenvalue weighted by Gasteiger charge is 2.31. The predicted octanol–water partition coefficient (Wildman–Crippen LogP) is 2.79. The third-order valence-electron chi connectivity index (χ3n) is 3.39. The van der Waals surface area contributed by atoms with Gasteiger partial charge in [-0.1, -0.05) is 27.2 Å². The van der Waals surface area contributed by atoms with E-state index in [0.29, 0.717) is 12.0 Å². The molecule has 2 N–H and O–H groups in total. The lowest BCUT2D eigenvalue weighted by Crippen LogP contribution is -2.22. The molecule has 1 saturated heterocycles. The van der Waals surface area contributed by atoms with Crippen molar-refractivity contribution >= 4 is 16.5 Å². The second-order valence-corrected chi connectivity index (χ2v) is 6.72. The monoisotopic (exact) mass is 253 g/mol. The van der Waals surface area contributed by atoms with Crippen molar-refractivity contribution in [3.63, 3.8) is 0 Å². The Kier molecular flexibility index (Phi) is 3.73. The fourth-order valence-electron chi connectivity index (χ4n) is 2.37. The van der Waals surface area contributed by atoms with Crippen LogP contribution in [0, 0.1) is 5.41 Å². The molecule has 1 aliphatic heterocycles. The van der Waals surface area contributed by atoms with E-state index in [1.54, 1.807) is 11.3 Å². The number of anilines is 1. The number of nitrogens with zero attached hydrogens (tertiary/aromatic N) is 2. The molecule has 0 spiro atoms. The normalized spacial score (nSPS) is 18.9. The molecule has 0 aliphatic carbocycles. The van der Waals surface area contributed by atoms with E-state index in [1.807, 2.05) is 0 Å². The first-order chi connectivity index (χ1) is 8.05. The highest BCUT2D eigenvalue weighted by molar-refractivity contribution is 7.15. The van der Waals surface area contributed by atoms with Crippen LogP contribution in [0.5, 0.6) is 0 Å². The van der Waals surface area contributed by atoms with E-state index in [1.165, 1.54) is 22.1 Å². The van der Waals surface area contributed by atoms with Crippen molar-refractivity contribution in [3.8, 4) is 0 Å². The number of hydrogen-bond acceptors (Lipinski definition) is 4. The van der Waals surface area contributed by atoms with Crippen molar-refractivity contribution in [3.05, 3.63) is 10.6 Å². The summed E-state index contributed by atoms with van der Waals surface area (Å²) in [6.45, 7) is 9.74. The maximum atomic E-state index is 5.80. The molecule has 4 heteroatoms. The van der Waals surface area contributed by atoms with Crippen LogP contribution in [-0.4, -0.2) is 18.1 Å². The van der Waals surface area contributed by atoms with Gasteiger partial charge in [-0.05, 0) is 18.3 Å². The lowest BCUT2D eigenvalue weighted by Gasteiger charge is -2.18. The Morgan fingerprint density at radius 2 is 2.24 bits per heavy atom. The molecule has 0 atom stereocenters. The predicted molar refractivity (Wildman–Crippen MR) is 74.6 cm³/mol. The molecule has 96 valence electrons. The molecule has 2 heterocycles. The van der Waals surface area contributed by atoms with E-state index in [0.717, 1.165) is 25.9 Å². The van der Waals surface area contributed by atoms with Crippen molar-refractivity contribution < 1.29 is 0 Å². The van der Waals surface area contributed by atoms with Gasteiger partial charge in [0.15, 0.2) is 5.13 Å². The Bertz CT molecular complexity index is 384. The molecule has 0 aromatic carbocycles. The molecule has 0 radical (unpaired) electrons. The van der Waals surface area contributed by atoms with Gasteiger partial charge in [0.05, 0.1) is 5.69 Å². The Balaban J connectivity index is 2.16. The average molecular weight is 253 g/mol. The van der Waals surface area contributed by atoms with Crippen LogP contribution >= 0.6 is 11.3 Å². The number of nitrogens with two attached hydrogens (primary N) is 1. The van der Waals surface area contributed by atoms with Gasteiger partial charge < -0.3 is 10.6 Å². The zero-order chi connectivity index (χ0) is 12.5. The highest BCUT2D eigenvalue weighted by Crippen LogP contribution is 2.35. The summed E-state index contributed by atoms with van der Waals surface area (Å²) in [5, 5.41) is 1.18. The zero-order valence-electron chi connectivity index (χ0n) is 11.1. The molecule has 0 bridgehead atoms. The van der Waals surface area contributed by atoms with Crippen LogP contribution in [-0.2, 0) is 13.0 Å². The molecular formula is C13H23N3S. The van der Waals surface area contributed by atoms with Gasteiger partial charge in [-0.2, -0.15) is 0 Å². The van der Waals surface area contributed by atoms with Crippen LogP contribution in [0.4, 0.5) is 5.13 Å². The second-order valence-electron chi connectivity index (χ2n) is 5.66. The van der Waals surface area contributed by atoms with Gasteiger partial charge in [0.1, 0.15) is 0 Å². The molecule has 0 amide bonds. The highest BCUT2D eigenvalue weighted by atomic mass is 32.1. The smallest absolute Gasteiger partial charge is 0.185 e. The Hall–Kier alpha value is -0.610. The van der Waals surface area contributed by atoms with Crippen molar-refractivity contribution in [1.29, 1.82) is 0 Å². The van der Waals surface area contributed by atoms with Crippen molar-refractivity contribution in [1.82, 2.24) is 4.98 Å². The van der Waals surface area contributed by atoms with E-state index in [2.05, 4.69) is 25.7 Å². The fourth-order valence-corrected chi connectivity index (χ4v) is 3.38. The number of aryl methyl sites for hydroxylation is 1. The van der Waals surface area contributed by atoms with Gasteiger partial charge in [-0.3, -0.25) is 0 Å². The van der Waals surface area contributed by atoms with Crippen molar-refractivity contribution in [2.45, 2.75) is 46.6 Å². The molecule has 1 aromatic rings. The van der Waals surface area contributed by atoms with E-state index in [-0.39, 0.29) is 0 Å². The molecule has 1 aromatic heterocycles. The second kappa shape index (κ2) is 4.94. The van der Waals surface area contributed by atoms with E-state index in [4.69, 9.17) is 10.7 Å². The summed E-state index contributed by atoms with van der Waals surface area (Å²) in [6.07, 6.45) is 3.45. The van der Waals surface area contributed by atoms with Crippen LogP contribution in [0.3, 0.4) is 0 Å². The van der Waals surface area contributed by atoms with Gasteiger partial charge in [-0.25, -0.2) is 4.98 Å². The van der Waals surface area contributed by atoms with Crippen molar-refractivity contribution in [2.24, 2.45) is 11.1 Å². The SMILES string of the molecule is CCCc1nc(N2CCC(C)(C)C2)sc1CN. The quantitative estimate of drug-likeness (QED) is 0.897. The third-order valence-corrected chi connectivity index (χ3v) is 4.57. The molecule has 17 heavy (non-hydrogen) atoms. The lowest BCUT2D eigenvalue weighted by molar-refractivity contribution is 0.418. The molecular weight excluding hydrogens is 230 g/mol. The van der Waals surface area contributed by atoms with Crippen LogP contribution in [0.2, 0.25) is 0 Å². The molecule has 1 aliphatic rings. The summed E-state index contributed by atoms with van der Waals surface area (Å²) < 4.78 is 0. The minimum absolute atomic E-state index is 0.430. The Morgan fingerprint density at radius 3 is 2.76 bits per heavy atom. The Morgan fingerprint density at radius 1 is 1.47 bits per heavy atom. The summed E-state index contributed by atoms with van der Waals surface area (Å²) in [5.74, 6) is 0. The van der Waals surface area contributed by atoms with Crippen LogP contribution in [0.1, 0.15) is 44.2 Å². The van der Waals surface area contributed by atoms with Gasteiger partial charge in [-0.15, -0.1) is 11.3 Å². The summed E-state index contributed by atoms with van der Waals surface area (Å²) in [5.41, 5.74) is 7.45. The van der Waals surface area contributed by atoms with E-state index in [9.17, 15) is 0 Å². The number of aromatic nitrogens is 1. The minimum Gasteiger partial charge on any atom is -0.348 e. The molecule has 3 nitrogen and oxygen atoms in total. The third kappa shape index (κ3) is 2.80. The summed E-state index contributed by atoms with van der Waals surface area (Å²) >= 11 is 1.79. The standard InChI is InChI=1S/C13H23N3S/c1-4-5-10-11(8-14)17-12(15-10)16-7-6-13(2,3)9-16/h4-9,14H2,1-3H3. The summed E-state index contributed by atoms with van der Waals surface area (Å²) in [6, 6.07) is 0. The lowest BCUT2D eigenvalue weighted by atomic mass is 9.93. The van der Waals surface area contributed by atoms with Crippen molar-refractivity contribution in [2.75, 3.05) is 18.0 Å². The van der Waals surface area contributed by atoms with Gasteiger partial charge in [0.25, 0.3) is 0 Å². The van der Waals surface area contributed by atoms with Gasteiger partial charge in [0.2, 0.25) is 0 Å². The first kappa shape index (κ1) is 12.8. The largest absolute Gasteiger partial charge is 0.348 e. The molecule has 0 saturated carbocycles. The van der Waals surface area contributed by atoms with Crippen LogP contribution < -0.4 is 10.6 Å².